The van der Waals surface area contributed by atoms with E-state index in [9.17, 15) is 4.79 Å². The number of ether oxygens (including phenoxy) is 3. The second kappa shape index (κ2) is 10.7. The Bertz CT molecular complexity index is 1090. The van der Waals surface area contributed by atoms with Gasteiger partial charge in [0.2, 0.25) is 0 Å². The molecule has 8 nitrogen and oxygen atoms in total. The normalized spacial score (nSPS) is 15.6. The first-order valence-corrected chi connectivity index (χ1v) is 11.1. The highest BCUT2D eigenvalue weighted by atomic mass is 16.5. The summed E-state index contributed by atoms with van der Waals surface area (Å²) in [6, 6.07) is 14.7. The molecular weight excluding hydrogens is 420 g/mol. The Morgan fingerprint density at radius 3 is 2.82 bits per heavy atom. The lowest BCUT2D eigenvalue weighted by atomic mass is 10.1. The number of nitrogens with one attached hydrogen (secondary N) is 1. The number of aromatic nitrogens is 2. The van der Waals surface area contributed by atoms with Crippen molar-refractivity contribution in [2.45, 2.75) is 25.9 Å². The number of anilines is 2. The van der Waals surface area contributed by atoms with Crippen LogP contribution in [-0.4, -0.2) is 48.8 Å². The first kappa shape index (κ1) is 22.4. The summed E-state index contributed by atoms with van der Waals surface area (Å²) in [5.41, 5.74) is 0.487. The summed E-state index contributed by atoms with van der Waals surface area (Å²) >= 11 is 0. The number of piperidine rings is 1. The number of amides is 1. The molecule has 1 aromatic heterocycles. The van der Waals surface area contributed by atoms with E-state index in [1.807, 2.05) is 31.2 Å². The average molecular weight is 449 g/mol. The molecule has 1 amide bonds. The quantitative estimate of drug-likeness (QED) is 0.553. The maximum atomic E-state index is 12.6. The number of carbonyl (C=O) groups excluding carboxylic acids is 1. The first-order chi connectivity index (χ1) is 16.2. The summed E-state index contributed by atoms with van der Waals surface area (Å²) in [5.74, 6) is 2.94. The molecule has 1 atom stereocenters. The minimum Gasteiger partial charge on any atom is -0.497 e. The van der Waals surface area contributed by atoms with Crippen LogP contribution in [0.25, 0.3) is 0 Å². The van der Waals surface area contributed by atoms with E-state index in [0.29, 0.717) is 36.1 Å². The molecule has 0 bridgehead atoms. The van der Waals surface area contributed by atoms with Gasteiger partial charge >= 0.3 is 0 Å². The van der Waals surface area contributed by atoms with E-state index in [1.165, 1.54) is 6.20 Å². The van der Waals surface area contributed by atoms with Gasteiger partial charge < -0.3 is 24.4 Å². The maximum absolute atomic E-state index is 12.6. The van der Waals surface area contributed by atoms with Gasteiger partial charge in [-0.15, -0.1) is 0 Å². The SMILES string of the molecule is CCOc1ccccc1OC1CCCN(c2cncc(NC(=O)c3cccc(OC)c3)n2)C1. The molecule has 1 aliphatic rings. The largest absolute Gasteiger partial charge is 0.497 e. The van der Waals surface area contributed by atoms with Crippen LogP contribution in [0.1, 0.15) is 30.1 Å². The lowest BCUT2D eigenvalue weighted by Crippen LogP contribution is -2.41. The van der Waals surface area contributed by atoms with Gasteiger partial charge in [-0.3, -0.25) is 9.78 Å². The van der Waals surface area contributed by atoms with Crippen molar-refractivity contribution in [3.05, 3.63) is 66.5 Å². The monoisotopic (exact) mass is 448 g/mol. The molecule has 3 aromatic rings. The van der Waals surface area contributed by atoms with E-state index < -0.39 is 0 Å². The Kier molecular flexibility index (Phi) is 7.24. The predicted octanol–water partition coefficient (Wildman–Crippen LogP) is 4.18. The number of carbonyl (C=O) groups is 1. The molecule has 2 heterocycles. The fraction of sp³-hybridized carbons (Fsp3) is 0.320. The smallest absolute Gasteiger partial charge is 0.256 e. The van der Waals surface area contributed by atoms with E-state index in [4.69, 9.17) is 14.2 Å². The number of rotatable bonds is 8. The van der Waals surface area contributed by atoms with E-state index in [0.717, 1.165) is 30.9 Å². The predicted molar refractivity (Wildman–Crippen MR) is 126 cm³/mol. The molecule has 172 valence electrons. The molecule has 1 aliphatic heterocycles. The molecule has 2 aromatic carbocycles. The average Bonchev–Trinajstić information content (AvgIpc) is 2.86. The standard InChI is InChI=1S/C25H28N4O4/c1-3-32-21-11-4-5-12-22(21)33-20-10-7-13-29(17-20)24-16-26-15-23(27-24)28-25(30)18-8-6-9-19(14-18)31-2/h4-6,8-9,11-12,14-16,20H,3,7,10,13,17H2,1-2H3,(H,27,28,30). The lowest BCUT2D eigenvalue weighted by Gasteiger charge is -2.33. The van der Waals surface area contributed by atoms with Crippen LogP contribution in [0, 0.1) is 0 Å². The molecule has 33 heavy (non-hydrogen) atoms. The van der Waals surface area contributed by atoms with Crippen molar-refractivity contribution in [2.75, 3.05) is 37.0 Å². The van der Waals surface area contributed by atoms with Gasteiger partial charge in [0.15, 0.2) is 17.3 Å². The zero-order chi connectivity index (χ0) is 23.0. The van der Waals surface area contributed by atoms with Crippen molar-refractivity contribution >= 4 is 17.5 Å². The molecule has 8 heteroatoms. The number of methoxy groups -OCH3 is 1. The molecule has 1 fully saturated rings. The van der Waals surface area contributed by atoms with E-state index in [2.05, 4.69) is 20.2 Å². The van der Waals surface area contributed by atoms with Crippen LogP contribution in [0.15, 0.2) is 60.9 Å². The Morgan fingerprint density at radius 1 is 1.15 bits per heavy atom. The highest BCUT2D eigenvalue weighted by Gasteiger charge is 2.24. The van der Waals surface area contributed by atoms with Crippen molar-refractivity contribution in [2.24, 2.45) is 0 Å². The van der Waals surface area contributed by atoms with Crippen LogP contribution in [0.5, 0.6) is 17.2 Å². The number of benzene rings is 2. The number of hydrogen-bond acceptors (Lipinski definition) is 7. The fourth-order valence-corrected chi connectivity index (χ4v) is 3.77. The van der Waals surface area contributed by atoms with Gasteiger partial charge in [-0.05, 0) is 50.1 Å². The topological polar surface area (TPSA) is 85.8 Å². The van der Waals surface area contributed by atoms with Crippen LogP contribution >= 0.6 is 0 Å². The summed E-state index contributed by atoms with van der Waals surface area (Å²) in [6.45, 7) is 4.05. The molecule has 1 unspecified atom stereocenters. The molecule has 0 radical (unpaired) electrons. The van der Waals surface area contributed by atoms with Gasteiger partial charge in [0.05, 0.1) is 32.7 Å². The van der Waals surface area contributed by atoms with Gasteiger partial charge in [0.1, 0.15) is 17.7 Å². The molecule has 1 N–H and O–H groups in total. The third-order valence-corrected chi connectivity index (χ3v) is 5.34. The molecule has 0 aliphatic carbocycles. The van der Waals surface area contributed by atoms with Crippen LogP contribution in [-0.2, 0) is 0 Å². The maximum Gasteiger partial charge on any atom is 0.256 e. The molecule has 4 rings (SSSR count). The van der Waals surface area contributed by atoms with E-state index in [-0.39, 0.29) is 12.0 Å². The van der Waals surface area contributed by atoms with Gasteiger partial charge in [0, 0.05) is 12.1 Å². The highest BCUT2D eigenvalue weighted by molar-refractivity contribution is 6.04. The summed E-state index contributed by atoms with van der Waals surface area (Å²) in [5, 5.41) is 2.82. The fourth-order valence-electron chi connectivity index (χ4n) is 3.77. The second-order valence-corrected chi connectivity index (χ2v) is 7.66. The summed E-state index contributed by atoms with van der Waals surface area (Å²) in [4.78, 5) is 23.7. The summed E-state index contributed by atoms with van der Waals surface area (Å²) < 4.78 is 17.1. The van der Waals surface area contributed by atoms with Gasteiger partial charge in [0.25, 0.3) is 5.91 Å². The van der Waals surface area contributed by atoms with Crippen molar-refractivity contribution in [1.82, 2.24) is 9.97 Å². The minimum atomic E-state index is -0.271. The van der Waals surface area contributed by atoms with Gasteiger partial charge in [-0.2, -0.15) is 0 Å². The molecule has 0 spiro atoms. The summed E-state index contributed by atoms with van der Waals surface area (Å²) in [6.07, 6.45) is 5.15. The van der Waals surface area contributed by atoms with Crippen LogP contribution < -0.4 is 24.4 Å². The minimum absolute atomic E-state index is 0.00260. The summed E-state index contributed by atoms with van der Waals surface area (Å²) in [7, 11) is 1.57. The zero-order valence-corrected chi connectivity index (χ0v) is 18.9. The highest BCUT2D eigenvalue weighted by Crippen LogP contribution is 2.30. The molecular formula is C25H28N4O4. The van der Waals surface area contributed by atoms with Crippen molar-refractivity contribution < 1.29 is 19.0 Å². The van der Waals surface area contributed by atoms with Crippen LogP contribution in [0.2, 0.25) is 0 Å². The van der Waals surface area contributed by atoms with E-state index in [1.54, 1.807) is 37.6 Å². The lowest BCUT2D eigenvalue weighted by molar-refractivity contribution is 0.102. The third kappa shape index (κ3) is 5.71. The third-order valence-electron chi connectivity index (χ3n) is 5.34. The first-order valence-electron chi connectivity index (χ1n) is 11.1. The van der Waals surface area contributed by atoms with Crippen LogP contribution in [0.3, 0.4) is 0 Å². The molecule has 1 saturated heterocycles. The Hall–Kier alpha value is -3.81. The number of hydrogen-bond donors (Lipinski definition) is 1. The van der Waals surface area contributed by atoms with Gasteiger partial charge in [-0.25, -0.2) is 4.98 Å². The Balaban J connectivity index is 1.43. The van der Waals surface area contributed by atoms with Crippen molar-refractivity contribution in [1.29, 1.82) is 0 Å². The Morgan fingerprint density at radius 2 is 2.00 bits per heavy atom. The molecule has 0 saturated carbocycles. The van der Waals surface area contributed by atoms with E-state index >= 15 is 0 Å². The zero-order valence-electron chi connectivity index (χ0n) is 18.9. The van der Waals surface area contributed by atoms with Crippen molar-refractivity contribution in [3.63, 3.8) is 0 Å². The Labute approximate surface area is 193 Å². The number of para-hydroxylation sites is 2. The van der Waals surface area contributed by atoms with Crippen LogP contribution in [0.4, 0.5) is 11.6 Å². The van der Waals surface area contributed by atoms with Crippen molar-refractivity contribution in [3.8, 4) is 17.2 Å². The second-order valence-electron chi connectivity index (χ2n) is 7.66. The number of nitrogens with zero attached hydrogens (tertiary/aromatic N) is 3. The van der Waals surface area contributed by atoms with Gasteiger partial charge in [-0.1, -0.05) is 18.2 Å².